The molecule has 3 aromatic carbocycles. The number of fused-ring (bicyclic) bond motifs is 1. The third kappa shape index (κ3) is 7.97. The van der Waals surface area contributed by atoms with Crippen molar-refractivity contribution in [2.24, 2.45) is 5.73 Å². The molecule has 43 heavy (non-hydrogen) atoms. The first-order valence-electron chi connectivity index (χ1n) is 14.4. The minimum atomic E-state index is -0.280. The van der Waals surface area contributed by atoms with Gasteiger partial charge in [-0.1, -0.05) is 12.1 Å². The van der Waals surface area contributed by atoms with Crippen molar-refractivity contribution in [1.82, 2.24) is 10.2 Å². The number of nitrogens with zero attached hydrogens (tertiary/aromatic N) is 1. The summed E-state index contributed by atoms with van der Waals surface area (Å²) in [6, 6.07) is 19.0. The highest BCUT2D eigenvalue weighted by atomic mass is 16.5. The quantitative estimate of drug-likeness (QED) is 0.225. The van der Waals surface area contributed by atoms with E-state index >= 15 is 0 Å². The molecule has 224 valence electrons. The highest BCUT2D eigenvalue weighted by Crippen LogP contribution is 2.33. The van der Waals surface area contributed by atoms with Gasteiger partial charge in [0.1, 0.15) is 5.75 Å². The fraction of sp³-hybridized carbons (Fsp3) is 0.312. The van der Waals surface area contributed by atoms with Crippen LogP contribution in [0.3, 0.4) is 0 Å². The number of rotatable bonds is 13. The van der Waals surface area contributed by atoms with Gasteiger partial charge in [0.2, 0.25) is 0 Å². The number of carbonyl (C=O) groups is 4. The Labute approximate surface area is 249 Å². The van der Waals surface area contributed by atoms with Crippen LogP contribution in [0.5, 0.6) is 5.75 Å². The van der Waals surface area contributed by atoms with Crippen LogP contribution in [0.2, 0.25) is 0 Å². The van der Waals surface area contributed by atoms with E-state index in [4.69, 9.17) is 15.2 Å². The third-order valence-electron chi connectivity index (χ3n) is 7.10. The van der Waals surface area contributed by atoms with Gasteiger partial charge >= 0.3 is 0 Å². The van der Waals surface area contributed by atoms with E-state index in [1.807, 2.05) is 17.0 Å². The number of nitrogens with one attached hydrogen (secondary N) is 3. The summed E-state index contributed by atoms with van der Waals surface area (Å²) < 4.78 is 10.8. The maximum Gasteiger partial charge on any atom is 0.262 e. The molecule has 0 saturated heterocycles. The van der Waals surface area contributed by atoms with Gasteiger partial charge in [-0.15, -0.1) is 0 Å². The number of anilines is 2. The number of ether oxygens (including phenoxy) is 2. The van der Waals surface area contributed by atoms with Gasteiger partial charge < -0.3 is 36.1 Å². The molecule has 1 saturated carbocycles. The van der Waals surface area contributed by atoms with Crippen LogP contribution in [-0.2, 0) is 16.1 Å². The third-order valence-corrected chi connectivity index (χ3v) is 7.10. The molecule has 0 radical (unpaired) electrons. The van der Waals surface area contributed by atoms with Crippen molar-refractivity contribution in [3.63, 3.8) is 0 Å². The molecule has 11 heteroatoms. The number of amides is 4. The van der Waals surface area contributed by atoms with Gasteiger partial charge in [0, 0.05) is 54.7 Å². The van der Waals surface area contributed by atoms with E-state index in [2.05, 4.69) is 16.0 Å². The minimum Gasteiger partial charge on any atom is -0.482 e. The summed E-state index contributed by atoms with van der Waals surface area (Å²) in [6.45, 7) is 2.34. The van der Waals surface area contributed by atoms with Crippen molar-refractivity contribution in [3.05, 3.63) is 89.0 Å². The number of benzene rings is 3. The first-order chi connectivity index (χ1) is 20.9. The summed E-state index contributed by atoms with van der Waals surface area (Å²) in [5.74, 6) is -0.328. The van der Waals surface area contributed by atoms with Gasteiger partial charge in [-0.25, -0.2) is 0 Å². The summed E-state index contributed by atoms with van der Waals surface area (Å²) in [7, 11) is 0. The van der Waals surface area contributed by atoms with Crippen LogP contribution in [0, 0.1) is 0 Å². The Morgan fingerprint density at radius 3 is 2.35 bits per heavy atom. The van der Waals surface area contributed by atoms with Crippen LogP contribution in [0.25, 0.3) is 0 Å². The van der Waals surface area contributed by atoms with Crippen molar-refractivity contribution in [3.8, 4) is 5.75 Å². The molecule has 1 fully saturated rings. The molecule has 0 unspecified atom stereocenters. The fourth-order valence-corrected chi connectivity index (χ4v) is 4.66. The highest BCUT2D eigenvalue weighted by Gasteiger charge is 2.33. The molecule has 5 rings (SSSR count). The average Bonchev–Trinajstić information content (AvgIpc) is 3.87. The lowest BCUT2D eigenvalue weighted by Crippen LogP contribution is -2.33. The molecule has 0 atom stereocenters. The normalized spacial score (nSPS) is 13.7. The van der Waals surface area contributed by atoms with Crippen molar-refractivity contribution >= 4 is 35.0 Å². The molecule has 0 spiro atoms. The van der Waals surface area contributed by atoms with Crippen molar-refractivity contribution in [2.75, 3.05) is 43.5 Å². The molecule has 0 bridgehead atoms. The number of carbonyl (C=O) groups excluding carboxylic acids is 4. The maximum absolute atomic E-state index is 13.4. The second-order valence-corrected chi connectivity index (χ2v) is 10.5. The Balaban J connectivity index is 1.14. The van der Waals surface area contributed by atoms with Crippen LogP contribution in [0.15, 0.2) is 66.7 Å². The van der Waals surface area contributed by atoms with Gasteiger partial charge in [0.15, 0.2) is 6.61 Å². The van der Waals surface area contributed by atoms with Crippen LogP contribution < -0.4 is 26.4 Å². The Morgan fingerprint density at radius 2 is 1.63 bits per heavy atom. The lowest BCUT2D eigenvalue weighted by molar-refractivity contribution is -0.118. The highest BCUT2D eigenvalue weighted by molar-refractivity contribution is 6.04. The predicted molar refractivity (Wildman–Crippen MR) is 161 cm³/mol. The van der Waals surface area contributed by atoms with Crippen LogP contribution in [-0.4, -0.2) is 67.5 Å². The molecule has 0 aromatic heterocycles. The largest absolute Gasteiger partial charge is 0.482 e. The molecule has 4 amide bonds. The number of hydrogen-bond acceptors (Lipinski definition) is 7. The smallest absolute Gasteiger partial charge is 0.262 e. The van der Waals surface area contributed by atoms with Gasteiger partial charge in [-0.3, -0.25) is 19.2 Å². The predicted octanol–water partition coefficient (Wildman–Crippen LogP) is 3.17. The molecule has 1 heterocycles. The average molecular weight is 586 g/mol. The van der Waals surface area contributed by atoms with Gasteiger partial charge in [0.25, 0.3) is 23.6 Å². The van der Waals surface area contributed by atoms with Crippen molar-refractivity contribution in [1.29, 1.82) is 0 Å². The Morgan fingerprint density at radius 1 is 0.930 bits per heavy atom. The van der Waals surface area contributed by atoms with E-state index in [9.17, 15) is 19.2 Å². The fourth-order valence-electron chi connectivity index (χ4n) is 4.66. The Bertz CT molecular complexity index is 1470. The molecule has 11 nitrogen and oxygen atoms in total. The van der Waals surface area contributed by atoms with Gasteiger partial charge in [-0.2, -0.15) is 0 Å². The summed E-state index contributed by atoms with van der Waals surface area (Å²) >= 11 is 0. The molecule has 1 aliphatic carbocycles. The lowest BCUT2D eigenvalue weighted by atomic mass is 10.1. The molecular weight excluding hydrogens is 550 g/mol. The topological polar surface area (TPSA) is 152 Å². The summed E-state index contributed by atoms with van der Waals surface area (Å²) in [5.41, 5.74) is 8.86. The summed E-state index contributed by atoms with van der Waals surface area (Å²) in [5, 5.41) is 8.43. The summed E-state index contributed by atoms with van der Waals surface area (Å²) in [6.07, 6.45) is 2.57. The first kappa shape index (κ1) is 29.7. The number of nitrogens with two attached hydrogens (primary N) is 1. The number of hydrogen-bond donors (Lipinski definition) is 4. The van der Waals surface area contributed by atoms with E-state index < -0.39 is 0 Å². The first-order valence-corrected chi connectivity index (χ1v) is 14.4. The standard InChI is InChI=1S/C32H35N5O6/c33-14-17-42-16-1-15-34-30(39)22-6-9-25(10-7-22)35-31(40)23-4-2-21(3-5-23)19-37(26-11-12-26)32(41)24-8-13-27-28(18-24)43-20-29(38)36-27/h2-10,13,18,26H,1,11-12,14-17,19-20,33H2,(H,34,39)(H,35,40)(H,36,38). The van der Waals surface area contributed by atoms with Crippen molar-refractivity contribution in [2.45, 2.75) is 31.8 Å². The van der Waals surface area contributed by atoms with E-state index in [-0.39, 0.29) is 36.3 Å². The van der Waals surface area contributed by atoms with E-state index in [1.54, 1.807) is 54.6 Å². The van der Waals surface area contributed by atoms with E-state index in [1.165, 1.54) is 0 Å². The zero-order chi connectivity index (χ0) is 30.2. The molecule has 1 aliphatic heterocycles. The van der Waals surface area contributed by atoms with Crippen molar-refractivity contribution < 1.29 is 28.7 Å². The summed E-state index contributed by atoms with van der Waals surface area (Å²) in [4.78, 5) is 52.0. The minimum absolute atomic E-state index is 0.0770. The van der Waals surface area contributed by atoms with E-state index in [0.29, 0.717) is 73.1 Å². The van der Waals surface area contributed by atoms with Gasteiger partial charge in [-0.05, 0) is 79.4 Å². The maximum atomic E-state index is 13.4. The molecule has 2 aliphatic rings. The second-order valence-electron chi connectivity index (χ2n) is 10.5. The Kier molecular flexibility index (Phi) is 9.65. The second kappa shape index (κ2) is 14.0. The van der Waals surface area contributed by atoms with Gasteiger partial charge in [0.05, 0.1) is 12.3 Å². The monoisotopic (exact) mass is 585 g/mol. The van der Waals surface area contributed by atoms with E-state index in [0.717, 1.165) is 18.4 Å². The molecule has 3 aromatic rings. The molecule has 5 N–H and O–H groups in total. The van der Waals surface area contributed by atoms with Crippen LogP contribution in [0.1, 0.15) is 55.9 Å². The van der Waals surface area contributed by atoms with Crippen LogP contribution >= 0.6 is 0 Å². The van der Waals surface area contributed by atoms with Crippen LogP contribution in [0.4, 0.5) is 11.4 Å². The lowest BCUT2D eigenvalue weighted by Gasteiger charge is -2.24. The Hall–Kier alpha value is -4.74. The molecular formula is C32H35N5O6. The zero-order valence-corrected chi connectivity index (χ0v) is 23.8. The SMILES string of the molecule is NCCOCCCNC(=O)c1ccc(NC(=O)c2ccc(CN(C(=O)c3ccc4c(c3)OCC(=O)N4)C3CC3)cc2)cc1. The zero-order valence-electron chi connectivity index (χ0n) is 23.8.